The number of hydrogen-bond donors (Lipinski definition) is 2. The fourth-order valence-electron chi connectivity index (χ4n) is 0.430. The Morgan fingerprint density at radius 1 is 1.73 bits per heavy atom. The van der Waals surface area contributed by atoms with Crippen molar-refractivity contribution in [3.05, 3.63) is 0 Å². The number of methoxy groups -OCH3 is 1. The fraction of sp³-hybridized carbons (Fsp3) is 0.250. The molecule has 0 bridgehead atoms. The van der Waals surface area contributed by atoms with Crippen LogP contribution in [0.15, 0.2) is 4.63 Å². The lowest BCUT2D eigenvalue weighted by Crippen LogP contribution is -2.12. The third-order valence-electron chi connectivity index (χ3n) is 0.920. The number of carbonyl (C=O) groups excluding carboxylic acids is 1. The van der Waals surface area contributed by atoms with Crippen LogP contribution in [0.4, 0.5) is 16.4 Å². The molecule has 1 rings (SSSR count). The van der Waals surface area contributed by atoms with Crippen LogP contribution in [0.2, 0.25) is 0 Å². The lowest BCUT2D eigenvalue weighted by atomic mass is 10.6. The summed E-state index contributed by atoms with van der Waals surface area (Å²) < 4.78 is 8.46. The van der Waals surface area contributed by atoms with Crippen molar-refractivity contribution in [2.24, 2.45) is 0 Å². The van der Waals surface area contributed by atoms with Crippen LogP contribution in [0.5, 0.6) is 0 Å². The highest BCUT2D eigenvalue weighted by Crippen LogP contribution is 2.09. The molecular weight excluding hydrogens is 152 g/mol. The van der Waals surface area contributed by atoms with Gasteiger partial charge < -0.3 is 10.5 Å². The van der Waals surface area contributed by atoms with Gasteiger partial charge in [0.2, 0.25) is 11.6 Å². The molecule has 0 aliphatic carbocycles. The predicted octanol–water partition coefficient (Wildman–Crippen LogP) is -0.170. The van der Waals surface area contributed by atoms with Gasteiger partial charge in [0.05, 0.1) is 7.11 Å². The van der Waals surface area contributed by atoms with Gasteiger partial charge in [0.1, 0.15) is 0 Å². The molecule has 3 N–H and O–H groups in total. The first kappa shape index (κ1) is 7.32. The number of hydrogen-bond acceptors (Lipinski definition) is 6. The van der Waals surface area contributed by atoms with Gasteiger partial charge in [0.15, 0.2) is 0 Å². The summed E-state index contributed by atoms with van der Waals surface area (Å²) in [4.78, 5) is 10.5. The van der Waals surface area contributed by atoms with E-state index in [9.17, 15) is 4.79 Å². The van der Waals surface area contributed by atoms with E-state index in [-0.39, 0.29) is 11.6 Å². The van der Waals surface area contributed by atoms with Crippen LogP contribution in [0.25, 0.3) is 0 Å². The molecule has 1 aromatic rings. The third-order valence-corrected chi connectivity index (χ3v) is 0.920. The van der Waals surface area contributed by atoms with Crippen LogP contribution in [-0.2, 0) is 4.74 Å². The Bertz CT molecular complexity index is 258. The second kappa shape index (κ2) is 2.86. The van der Waals surface area contributed by atoms with Crippen LogP contribution in [0.3, 0.4) is 0 Å². The molecule has 60 valence electrons. The Kier molecular flexibility index (Phi) is 1.90. The number of nitrogen functional groups attached to an aromatic ring is 1. The van der Waals surface area contributed by atoms with E-state index in [1.165, 1.54) is 7.11 Å². The third kappa shape index (κ3) is 1.57. The van der Waals surface area contributed by atoms with E-state index in [2.05, 4.69) is 25.0 Å². The molecular formula is C4H6N4O3. The standard InChI is InChI=1S/C4H6N4O3/c1-10-4(9)6-3-2(5)7-11-8-3/h1H3,(H2,5,7)(H,6,8,9). The summed E-state index contributed by atoms with van der Waals surface area (Å²) >= 11 is 0. The van der Waals surface area contributed by atoms with Crippen LogP contribution in [-0.4, -0.2) is 23.5 Å². The van der Waals surface area contributed by atoms with Crippen LogP contribution >= 0.6 is 0 Å². The number of rotatable bonds is 1. The first-order chi connectivity index (χ1) is 5.24. The van der Waals surface area contributed by atoms with Gasteiger partial charge in [0.25, 0.3) is 0 Å². The monoisotopic (exact) mass is 158 g/mol. The maximum atomic E-state index is 10.5. The molecule has 0 aliphatic heterocycles. The van der Waals surface area contributed by atoms with Gasteiger partial charge in [-0.3, -0.25) is 5.32 Å². The van der Waals surface area contributed by atoms with Gasteiger partial charge in [-0.1, -0.05) is 0 Å². The van der Waals surface area contributed by atoms with Crippen molar-refractivity contribution in [2.45, 2.75) is 0 Å². The highest BCUT2D eigenvalue weighted by atomic mass is 16.6. The molecule has 7 heteroatoms. The van der Waals surface area contributed by atoms with E-state index in [4.69, 9.17) is 5.73 Å². The molecule has 11 heavy (non-hydrogen) atoms. The van der Waals surface area contributed by atoms with Gasteiger partial charge in [-0.05, 0) is 10.3 Å². The normalized spacial score (nSPS) is 9.18. The molecule has 0 unspecified atom stereocenters. The number of anilines is 2. The second-order valence-electron chi connectivity index (χ2n) is 1.61. The molecule has 1 heterocycles. The van der Waals surface area contributed by atoms with Gasteiger partial charge >= 0.3 is 6.09 Å². The van der Waals surface area contributed by atoms with Crippen molar-refractivity contribution in [2.75, 3.05) is 18.2 Å². The van der Waals surface area contributed by atoms with E-state index in [0.29, 0.717) is 0 Å². The molecule has 7 nitrogen and oxygen atoms in total. The lowest BCUT2D eigenvalue weighted by molar-refractivity contribution is 0.186. The Balaban J connectivity index is 2.64. The molecule has 0 saturated heterocycles. The lowest BCUT2D eigenvalue weighted by Gasteiger charge is -1.96. The summed E-state index contributed by atoms with van der Waals surface area (Å²) in [5.74, 6) is 0.0623. The molecule has 1 aromatic heterocycles. The molecule has 0 saturated carbocycles. The molecule has 0 atom stereocenters. The summed E-state index contributed by atoms with van der Waals surface area (Å²) in [5.41, 5.74) is 5.21. The average Bonchev–Trinajstić information content (AvgIpc) is 2.37. The maximum absolute atomic E-state index is 10.5. The van der Waals surface area contributed by atoms with E-state index in [1.54, 1.807) is 0 Å². The van der Waals surface area contributed by atoms with Crippen molar-refractivity contribution in [3.8, 4) is 0 Å². The molecule has 1 amide bonds. The predicted molar refractivity (Wildman–Crippen MR) is 34.7 cm³/mol. The number of nitrogens with zero attached hydrogens (tertiary/aromatic N) is 2. The van der Waals surface area contributed by atoms with Gasteiger partial charge in [0, 0.05) is 0 Å². The number of ether oxygens (including phenoxy) is 1. The molecule has 0 aromatic carbocycles. The highest BCUT2D eigenvalue weighted by molar-refractivity contribution is 5.85. The number of amides is 1. The molecule has 0 radical (unpaired) electrons. The maximum Gasteiger partial charge on any atom is 0.412 e. The van der Waals surface area contributed by atoms with Gasteiger partial charge in [-0.15, -0.1) is 0 Å². The summed E-state index contributed by atoms with van der Waals surface area (Å²) in [5, 5.41) is 8.69. The first-order valence-corrected chi connectivity index (χ1v) is 2.67. The van der Waals surface area contributed by atoms with Crippen molar-refractivity contribution < 1.29 is 14.2 Å². The topological polar surface area (TPSA) is 103 Å². The number of nitrogens with two attached hydrogens (primary N) is 1. The zero-order chi connectivity index (χ0) is 8.27. The van der Waals surface area contributed by atoms with Crippen LogP contribution in [0.1, 0.15) is 0 Å². The summed E-state index contributed by atoms with van der Waals surface area (Å²) in [6.45, 7) is 0. The van der Waals surface area contributed by atoms with Gasteiger partial charge in [-0.2, -0.15) is 0 Å². The summed E-state index contributed by atoms with van der Waals surface area (Å²) in [7, 11) is 1.22. The van der Waals surface area contributed by atoms with Gasteiger partial charge in [-0.25, -0.2) is 9.42 Å². The molecule has 0 spiro atoms. The molecule has 0 aliphatic rings. The van der Waals surface area contributed by atoms with Crippen molar-refractivity contribution in [1.82, 2.24) is 10.3 Å². The zero-order valence-corrected chi connectivity index (χ0v) is 5.70. The Labute approximate surface area is 61.5 Å². The number of aromatic nitrogens is 2. The minimum Gasteiger partial charge on any atom is -0.453 e. The SMILES string of the molecule is COC(=O)Nc1nonc1N. The van der Waals surface area contributed by atoms with Crippen LogP contribution < -0.4 is 11.1 Å². The second-order valence-corrected chi connectivity index (χ2v) is 1.61. The summed E-state index contributed by atoms with van der Waals surface area (Å²) in [6, 6.07) is 0. The van der Waals surface area contributed by atoms with E-state index < -0.39 is 6.09 Å². The van der Waals surface area contributed by atoms with E-state index in [1.807, 2.05) is 0 Å². The minimum atomic E-state index is -0.674. The van der Waals surface area contributed by atoms with E-state index in [0.717, 1.165) is 0 Å². The highest BCUT2D eigenvalue weighted by Gasteiger charge is 2.08. The Hall–Kier alpha value is -1.79. The Morgan fingerprint density at radius 2 is 2.45 bits per heavy atom. The quantitative estimate of drug-likeness (QED) is 0.588. The number of nitrogens with one attached hydrogen (secondary N) is 1. The average molecular weight is 158 g/mol. The molecule has 0 fully saturated rings. The smallest absolute Gasteiger partial charge is 0.412 e. The summed E-state index contributed by atoms with van der Waals surface area (Å²) in [6.07, 6.45) is -0.674. The van der Waals surface area contributed by atoms with Crippen molar-refractivity contribution in [3.63, 3.8) is 0 Å². The van der Waals surface area contributed by atoms with Crippen molar-refractivity contribution >= 4 is 17.7 Å². The van der Waals surface area contributed by atoms with E-state index >= 15 is 0 Å². The number of carbonyl (C=O) groups is 1. The fourth-order valence-corrected chi connectivity index (χ4v) is 0.430. The minimum absolute atomic E-state index is 0.00963. The van der Waals surface area contributed by atoms with Crippen LogP contribution in [0, 0.1) is 0 Å². The zero-order valence-electron chi connectivity index (χ0n) is 5.70. The van der Waals surface area contributed by atoms with Crippen molar-refractivity contribution in [1.29, 1.82) is 0 Å². The largest absolute Gasteiger partial charge is 0.453 e. The Morgan fingerprint density at radius 3 is 2.91 bits per heavy atom. The first-order valence-electron chi connectivity index (χ1n) is 2.67.